The molecule has 3 aromatic rings. The number of hydrazone groups is 1. The number of nitrogens with zero attached hydrogens (tertiary/aromatic N) is 1. The Morgan fingerprint density at radius 1 is 1.00 bits per heavy atom. The lowest BCUT2D eigenvalue weighted by Crippen LogP contribution is -2.48. The Labute approximate surface area is 223 Å². The number of halogens is 4. The van der Waals surface area contributed by atoms with Gasteiger partial charge >= 0.3 is 0 Å². The van der Waals surface area contributed by atoms with Crippen LogP contribution < -0.4 is 15.5 Å². The zero-order valence-corrected chi connectivity index (χ0v) is 21.7. The van der Waals surface area contributed by atoms with Crippen molar-refractivity contribution in [2.24, 2.45) is 11.0 Å². The van der Waals surface area contributed by atoms with Crippen LogP contribution in [0.4, 0.5) is 4.39 Å². The predicted molar refractivity (Wildman–Crippen MR) is 140 cm³/mol. The summed E-state index contributed by atoms with van der Waals surface area (Å²) in [5.74, 6) is -1.25. The highest BCUT2D eigenvalue weighted by Gasteiger charge is 2.24. The van der Waals surface area contributed by atoms with Crippen molar-refractivity contribution in [1.82, 2.24) is 10.7 Å². The molecule has 188 valence electrons. The van der Waals surface area contributed by atoms with E-state index in [0.29, 0.717) is 26.4 Å². The smallest absolute Gasteiger partial charge is 0.262 e. The van der Waals surface area contributed by atoms with Crippen molar-refractivity contribution in [1.29, 1.82) is 0 Å². The number of hydrogen-bond donors (Lipinski definition) is 2. The Hall–Kier alpha value is -3.13. The number of amides is 2. The minimum Gasteiger partial charge on any atom is -0.488 e. The zero-order valence-electron chi connectivity index (χ0n) is 19.4. The molecule has 0 aliphatic rings. The maximum atomic E-state index is 13.1. The Morgan fingerprint density at radius 3 is 2.33 bits per heavy atom. The van der Waals surface area contributed by atoms with Gasteiger partial charge in [-0.15, -0.1) is 0 Å². The van der Waals surface area contributed by atoms with Gasteiger partial charge in [0.05, 0.1) is 6.21 Å². The lowest BCUT2D eigenvalue weighted by Gasteiger charge is -2.20. The van der Waals surface area contributed by atoms with E-state index in [-0.39, 0.29) is 18.1 Å². The van der Waals surface area contributed by atoms with Gasteiger partial charge in [-0.3, -0.25) is 9.59 Å². The van der Waals surface area contributed by atoms with Gasteiger partial charge in [0, 0.05) is 31.8 Å². The second kappa shape index (κ2) is 12.7. The zero-order chi connectivity index (χ0) is 26.2. The van der Waals surface area contributed by atoms with Crippen LogP contribution in [0.15, 0.2) is 65.8 Å². The van der Waals surface area contributed by atoms with Crippen LogP contribution in [0.3, 0.4) is 0 Å². The summed E-state index contributed by atoms with van der Waals surface area (Å²) in [6.45, 7) is 3.74. The van der Waals surface area contributed by atoms with E-state index in [9.17, 15) is 14.0 Å². The summed E-state index contributed by atoms with van der Waals surface area (Å²) in [6.07, 6.45) is 1.39. The maximum absolute atomic E-state index is 13.1. The van der Waals surface area contributed by atoms with Crippen molar-refractivity contribution in [3.8, 4) is 5.75 Å². The number of ether oxygens (including phenoxy) is 1. The van der Waals surface area contributed by atoms with Crippen LogP contribution in [-0.4, -0.2) is 24.1 Å². The van der Waals surface area contributed by atoms with Gasteiger partial charge in [0.1, 0.15) is 24.2 Å². The molecule has 0 fully saturated rings. The topological polar surface area (TPSA) is 79.8 Å². The van der Waals surface area contributed by atoms with Gasteiger partial charge in [-0.2, -0.15) is 5.10 Å². The van der Waals surface area contributed by atoms with Gasteiger partial charge in [-0.25, -0.2) is 9.82 Å². The van der Waals surface area contributed by atoms with Gasteiger partial charge in [0.2, 0.25) is 0 Å². The molecule has 0 aliphatic heterocycles. The van der Waals surface area contributed by atoms with E-state index in [2.05, 4.69) is 15.8 Å². The van der Waals surface area contributed by atoms with E-state index in [1.807, 2.05) is 0 Å². The Kier molecular flexibility index (Phi) is 9.70. The molecule has 1 atom stereocenters. The van der Waals surface area contributed by atoms with Crippen molar-refractivity contribution in [2.45, 2.75) is 26.5 Å². The van der Waals surface area contributed by atoms with Crippen molar-refractivity contribution in [3.05, 3.63) is 98.2 Å². The molecule has 36 heavy (non-hydrogen) atoms. The lowest BCUT2D eigenvalue weighted by molar-refractivity contribution is -0.123. The van der Waals surface area contributed by atoms with Crippen molar-refractivity contribution in [2.75, 3.05) is 0 Å². The molecule has 0 saturated heterocycles. The van der Waals surface area contributed by atoms with Crippen LogP contribution in [0.2, 0.25) is 15.1 Å². The molecule has 6 nitrogen and oxygen atoms in total. The molecule has 0 spiro atoms. The van der Waals surface area contributed by atoms with Gasteiger partial charge in [0.15, 0.2) is 0 Å². The summed E-state index contributed by atoms with van der Waals surface area (Å²) >= 11 is 18.3. The predicted octanol–water partition coefficient (Wildman–Crippen LogP) is 6.27. The molecule has 0 aliphatic carbocycles. The maximum Gasteiger partial charge on any atom is 0.262 e. The fraction of sp³-hybridized carbons (Fsp3) is 0.192. The van der Waals surface area contributed by atoms with Gasteiger partial charge in [-0.1, -0.05) is 54.7 Å². The molecular weight excluding hydrogens is 528 g/mol. The van der Waals surface area contributed by atoms with Crippen LogP contribution in [0.1, 0.15) is 35.3 Å². The lowest BCUT2D eigenvalue weighted by atomic mass is 10.0. The molecule has 3 aromatic carbocycles. The number of benzene rings is 3. The first-order valence-electron chi connectivity index (χ1n) is 10.9. The minimum absolute atomic E-state index is 0.176. The number of rotatable bonds is 9. The first kappa shape index (κ1) is 27.5. The third-order valence-electron chi connectivity index (χ3n) is 5.09. The van der Waals surface area contributed by atoms with Crippen LogP contribution in [-0.2, 0) is 11.4 Å². The van der Waals surface area contributed by atoms with Crippen molar-refractivity contribution < 1.29 is 18.7 Å². The summed E-state index contributed by atoms with van der Waals surface area (Å²) < 4.78 is 19.0. The molecule has 0 saturated carbocycles. The van der Waals surface area contributed by atoms with E-state index < -0.39 is 23.7 Å². The Balaban J connectivity index is 1.67. The molecule has 0 aromatic heterocycles. The average molecular weight is 551 g/mol. The third-order valence-corrected chi connectivity index (χ3v) is 5.91. The molecule has 2 amide bonds. The fourth-order valence-corrected chi connectivity index (χ4v) is 3.79. The third kappa shape index (κ3) is 7.68. The molecule has 3 rings (SSSR count). The normalized spacial score (nSPS) is 12.0. The molecule has 0 radical (unpaired) electrons. The van der Waals surface area contributed by atoms with Crippen molar-refractivity contribution in [3.63, 3.8) is 0 Å². The fourth-order valence-electron chi connectivity index (χ4n) is 3.14. The highest BCUT2D eigenvalue weighted by atomic mass is 35.5. The highest BCUT2D eigenvalue weighted by Crippen LogP contribution is 2.25. The van der Waals surface area contributed by atoms with Crippen LogP contribution in [0.25, 0.3) is 0 Å². The molecule has 0 heterocycles. The van der Waals surface area contributed by atoms with Gasteiger partial charge < -0.3 is 10.1 Å². The Bertz CT molecular complexity index is 1270. The van der Waals surface area contributed by atoms with E-state index in [0.717, 1.165) is 5.56 Å². The second-order valence-electron chi connectivity index (χ2n) is 8.14. The van der Waals surface area contributed by atoms with Crippen molar-refractivity contribution >= 4 is 52.8 Å². The van der Waals surface area contributed by atoms with Gasteiger partial charge in [-0.05, 0) is 60.5 Å². The molecule has 10 heteroatoms. The number of nitrogens with one attached hydrogen (secondary N) is 2. The summed E-state index contributed by atoms with van der Waals surface area (Å²) in [4.78, 5) is 25.2. The summed E-state index contributed by atoms with van der Waals surface area (Å²) in [6, 6.07) is 14.2. The standard InChI is InChI=1S/C26H23Cl3FN3O3/c1-15(2)24(32-25(34)16-4-8-21(30)9-5-16)26(35)33-31-13-18-11-19(27)7-10-23(18)36-14-17-3-6-20(28)12-22(17)29/h3-13,15,24H,14H2,1-2H3,(H,32,34)(H,33,35). The van der Waals surface area contributed by atoms with E-state index >= 15 is 0 Å². The van der Waals surface area contributed by atoms with Crippen LogP contribution in [0.5, 0.6) is 5.75 Å². The Morgan fingerprint density at radius 2 is 1.67 bits per heavy atom. The molecule has 1 unspecified atom stereocenters. The average Bonchev–Trinajstić information content (AvgIpc) is 2.83. The van der Waals surface area contributed by atoms with E-state index in [1.54, 1.807) is 50.2 Å². The summed E-state index contributed by atoms with van der Waals surface area (Å²) in [7, 11) is 0. The highest BCUT2D eigenvalue weighted by molar-refractivity contribution is 6.35. The molecule has 2 N–H and O–H groups in total. The number of carbonyl (C=O) groups is 2. The SMILES string of the molecule is CC(C)C(NC(=O)c1ccc(F)cc1)C(=O)NN=Cc1cc(Cl)ccc1OCc1ccc(Cl)cc1Cl. The quantitative estimate of drug-likeness (QED) is 0.243. The minimum atomic E-state index is -0.873. The number of hydrogen-bond acceptors (Lipinski definition) is 4. The molecular formula is C26H23Cl3FN3O3. The van der Waals surface area contributed by atoms with E-state index in [1.165, 1.54) is 30.5 Å². The van der Waals surface area contributed by atoms with Crippen LogP contribution >= 0.6 is 34.8 Å². The first-order chi connectivity index (χ1) is 17.1. The first-order valence-corrected chi connectivity index (χ1v) is 12.0. The summed E-state index contributed by atoms with van der Waals surface area (Å²) in [5.41, 5.74) is 3.93. The van der Waals surface area contributed by atoms with E-state index in [4.69, 9.17) is 39.5 Å². The number of carbonyl (C=O) groups excluding carboxylic acids is 2. The largest absolute Gasteiger partial charge is 0.488 e. The monoisotopic (exact) mass is 549 g/mol. The molecule has 0 bridgehead atoms. The summed E-state index contributed by atoms with van der Waals surface area (Å²) in [5, 5.41) is 8.11. The van der Waals surface area contributed by atoms with Crippen LogP contribution in [0, 0.1) is 11.7 Å². The van der Waals surface area contributed by atoms with Gasteiger partial charge in [0.25, 0.3) is 11.8 Å². The second-order valence-corrected chi connectivity index (χ2v) is 9.42.